The lowest BCUT2D eigenvalue weighted by molar-refractivity contribution is -0.274. The predicted molar refractivity (Wildman–Crippen MR) is 66.5 cm³/mol. The topological polar surface area (TPSA) is 58.6 Å². The van der Waals surface area contributed by atoms with Gasteiger partial charge in [0.25, 0.3) is 0 Å². The minimum atomic E-state index is -4.73. The maximum absolute atomic E-state index is 12.0. The Morgan fingerprint density at radius 2 is 1.95 bits per heavy atom. The molecule has 7 heteroatoms. The van der Waals surface area contributed by atoms with Crippen LogP contribution in [0.2, 0.25) is 0 Å². The Morgan fingerprint density at radius 1 is 1.35 bits per heavy atom. The Hall–Kier alpha value is -1.76. The van der Waals surface area contributed by atoms with Crippen LogP contribution in [-0.2, 0) is 11.2 Å². The second-order valence-electron chi connectivity index (χ2n) is 4.24. The molecule has 0 aromatic heterocycles. The van der Waals surface area contributed by atoms with Gasteiger partial charge in [-0.1, -0.05) is 19.1 Å². The van der Waals surface area contributed by atoms with Gasteiger partial charge in [0.2, 0.25) is 0 Å². The SMILES string of the molecule is CCCN[C@@H](Cc1ccc(OC(F)(F)F)cc1)C(=O)O. The zero-order valence-electron chi connectivity index (χ0n) is 10.9. The van der Waals surface area contributed by atoms with Crippen molar-refractivity contribution < 1.29 is 27.8 Å². The van der Waals surface area contributed by atoms with Crippen molar-refractivity contribution in [2.45, 2.75) is 32.2 Å². The van der Waals surface area contributed by atoms with E-state index in [-0.39, 0.29) is 12.2 Å². The maximum Gasteiger partial charge on any atom is 0.573 e. The van der Waals surface area contributed by atoms with Gasteiger partial charge >= 0.3 is 12.3 Å². The monoisotopic (exact) mass is 291 g/mol. The molecule has 1 aromatic carbocycles. The van der Waals surface area contributed by atoms with Gasteiger partial charge in [0.1, 0.15) is 11.8 Å². The molecular formula is C13H16F3NO3. The van der Waals surface area contributed by atoms with Crippen LogP contribution < -0.4 is 10.1 Å². The molecule has 0 amide bonds. The van der Waals surface area contributed by atoms with Gasteiger partial charge in [0.15, 0.2) is 0 Å². The predicted octanol–water partition coefficient (Wildman–Crippen LogP) is 2.58. The number of ether oxygens (including phenoxy) is 1. The number of alkyl halides is 3. The molecular weight excluding hydrogens is 275 g/mol. The number of carboxylic acid groups (broad SMARTS) is 1. The fourth-order valence-electron chi connectivity index (χ4n) is 1.63. The first-order valence-electron chi connectivity index (χ1n) is 6.12. The summed E-state index contributed by atoms with van der Waals surface area (Å²) < 4.78 is 39.7. The molecule has 112 valence electrons. The molecule has 0 aliphatic heterocycles. The van der Waals surface area contributed by atoms with Crippen LogP contribution in [0.4, 0.5) is 13.2 Å². The smallest absolute Gasteiger partial charge is 0.480 e. The highest BCUT2D eigenvalue weighted by atomic mass is 19.4. The van der Waals surface area contributed by atoms with Crippen LogP contribution in [0.1, 0.15) is 18.9 Å². The number of benzene rings is 1. The Bertz CT molecular complexity index is 431. The van der Waals surface area contributed by atoms with Crippen molar-refractivity contribution in [3.63, 3.8) is 0 Å². The average Bonchev–Trinajstić information content (AvgIpc) is 2.34. The van der Waals surface area contributed by atoms with Gasteiger partial charge in [-0.05, 0) is 37.1 Å². The van der Waals surface area contributed by atoms with E-state index < -0.39 is 18.4 Å². The van der Waals surface area contributed by atoms with E-state index in [0.717, 1.165) is 6.42 Å². The van der Waals surface area contributed by atoms with E-state index in [2.05, 4.69) is 10.1 Å². The molecule has 1 rings (SSSR count). The number of nitrogens with one attached hydrogen (secondary N) is 1. The number of rotatable bonds is 7. The third kappa shape index (κ3) is 5.92. The van der Waals surface area contributed by atoms with Gasteiger partial charge < -0.3 is 15.2 Å². The summed E-state index contributed by atoms with van der Waals surface area (Å²) in [5, 5.41) is 11.9. The first kappa shape index (κ1) is 16.3. The number of aliphatic carboxylic acids is 1. The van der Waals surface area contributed by atoms with E-state index >= 15 is 0 Å². The second kappa shape index (κ2) is 7.14. The van der Waals surface area contributed by atoms with Crippen molar-refractivity contribution in [2.24, 2.45) is 0 Å². The summed E-state index contributed by atoms with van der Waals surface area (Å²) in [7, 11) is 0. The minimum Gasteiger partial charge on any atom is -0.480 e. The zero-order chi connectivity index (χ0) is 15.2. The fraction of sp³-hybridized carbons (Fsp3) is 0.462. The van der Waals surface area contributed by atoms with Gasteiger partial charge in [-0.3, -0.25) is 4.79 Å². The van der Waals surface area contributed by atoms with Gasteiger partial charge in [0.05, 0.1) is 0 Å². The molecule has 0 spiro atoms. The van der Waals surface area contributed by atoms with Crippen LogP contribution in [0.25, 0.3) is 0 Å². The average molecular weight is 291 g/mol. The summed E-state index contributed by atoms with van der Waals surface area (Å²) in [6.45, 7) is 2.47. The van der Waals surface area contributed by atoms with Crippen molar-refractivity contribution >= 4 is 5.97 Å². The van der Waals surface area contributed by atoms with Crippen molar-refractivity contribution in [3.8, 4) is 5.75 Å². The van der Waals surface area contributed by atoms with E-state index in [9.17, 15) is 18.0 Å². The number of hydrogen-bond acceptors (Lipinski definition) is 3. The lowest BCUT2D eigenvalue weighted by Crippen LogP contribution is -2.38. The van der Waals surface area contributed by atoms with Crippen LogP contribution in [0.15, 0.2) is 24.3 Å². The molecule has 4 nitrogen and oxygen atoms in total. The second-order valence-corrected chi connectivity index (χ2v) is 4.24. The summed E-state index contributed by atoms with van der Waals surface area (Å²) in [5.74, 6) is -1.32. The lowest BCUT2D eigenvalue weighted by atomic mass is 10.1. The molecule has 0 saturated heterocycles. The molecule has 0 aliphatic rings. The highest BCUT2D eigenvalue weighted by Crippen LogP contribution is 2.23. The van der Waals surface area contributed by atoms with Crippen molar-refractivity contribution in [1.29, 1.82) is 0 Å². The maximum atomic E-state index is 12.0. The largest absolute Gasteiger partial charge is 0.573 e. The normalized spacial score (nSPS) is 13.0. The zero-order valence-corrected chi connectivity index (χ0v) is 10.9. The summed E-state index contributed by atoms with van der Waals surface area (Å²) >= 11 is 0. The van der Waals surface area contributed by atoms with E-state index in [0.29, 0.717) is 12.1 Å². The van der Waals surface area contributed by atoms with Gasteiger partial charge in [-0.25, -0.2) is 0 Å². The van der Waals surface area contributed by atoms with Gasteiger partial charge in [-0.15, -0.1) is 13.2 Å². The van der Waals surface area contributed by atoms with Crippen LogP contribution in [-0.4, -0.2) is 30.0 Å². The Balaban J connectivity index is 2.65. The third-order valence-electron chi connectivity index (χ3n) is 2.54. The molecule has 1 atom stereocenters. The number of carboxylic acids is 1. The molecule has 0 unspecified atom stereocenters. The molecule has 0 bridgehead atoms. The number of halogens is 3. The standard InChI is InChI=1S/C13H16F3NO3/c1-2-7-17-11(12(18)19)8-9-3-5-10(6-4-9)20-13(14,15)16/h3-6,11,17H,2,7-8H2,1H3,(H,18,19)/t11-/m0/s1. The highest BCUT2D eigenvalue weighted by molar-refractivity contribution is 5.73. The Labute approximate surface area is 114 Å². The minimum absolute atomic E-state index is 0.196. The third-order valence-corrected chi connectivity index (χ3v) is 2.54. The van der Waals surface area contributed by atoms with Crippen LogP contribution in [0.5, 0.6) is 5.75 Å². The van der Waals surface area contributed by atoms with Crippen molar-refractivity contribution in [3.05, 3.63) is 29.8 Å². The fourth-order valence-corrected chi connectivity index (χ4v) is 1.63. The van der Waals surface area contributed by atoms with E-state index in [4.69, 9.17) is 5.11 Å². The molecule has 2 N–H and O–H groups in total. The number of hydrogen-bond donors (Lipinski definition) is 2. The Morgan fingerprint density at radius 3 is 2.40 bits per heavy atom. The summed E-state index contributed by atoms with van der Waals surface area (Å²) in [4.78, 5) is 11.0. The van der Waals surface area contributed by atoms with Crippen LogP contribution in [0, 0.1) is 0 Å². The van der Waals surface area contributed by atoms with Crippen LogP contribution in [0.3, 0.4) is 0 Å². The molecule has 0 fully saturated rings. The van der Waals surface area contributed by atoms with Gasteiger partial charge in [0, 0.05) is 0 Å². The van der Waals surface area contributed by atoms with Crippen molar-refractivity contribution in [1.82, 2.24) is 5.32 Å². The highest BCUT2D eigenvalue weighted by Gasteiger charge is 2.31. The number of carbonyl (C=O) groups is 1. The van der Waals surface area contributed by atoms with Crippen LogP contribution >= 0.6 is 0 Å². The first-order chi connectivity index (χ1) is 9.31. The van der Waals surface area contributed by atoms with E-state index in [1.807, 2.05) is 6.92 Å². The molecule has 0 heterocycles. The molecule has 0 radical (unpaired) electrons. The van der Waals surface area contributed by atoms with E-state index in [1.54, 1.807) is 0 Å². The molecule has 1 aromatic rings. The summed E-state index contributed by atoms with van der Waals surface area (Å²) in [6.07, 6.45) is -3.74. The summed E-state index contributed by atoms with van der Waals surface area (Å²) in [5.41, 5.74) is 0.621. The van der Waals surface area contributed by atoms with Crippen molar-refractivity contribution in [2.75, 3.05) is 6.54 Å². The molecule has 0 aliphatic carbocycles. The molecule has 20 heavy (non-hydrogen) atoms. The quantitative estimate of drug-likeness (QED) is 0.810. The van der Waals surface area contributed by atoms with Gasteiger partial charge in [-0.2, -0.15) is 0 Å². The Kier molecular flexibility index (Phi) is 5.82. The van der Waals surface area contributed by atoms with E-state index in [1.165, 1.54) is 24.3 Å². The molecule has 0 saturated carbocycles. The first-order valence-corrected chi connectivity index (χ1v) is 6.12. The lowest BCUT2D eigenvalue weighted by Gasteiger charge is -2.14. The summed E-state index contributed by atoms with van der Waals surface area (Å²) in [6, 6.07) is 4.42.